The van der Waals surface area contributed by atoms with Gasteiger partial charge in [-0.2, -0.15) is 0 Å². The lowest BCUT2D eigenvalue weighted by molar-refractivity contribution is 0.108. The molecule has 0 saturated heterocycles. The number of aromatic nitrogens is 1. The van der Waals surface area contributed by atoms with Crippen LogP contribution in [0.3, 0.4) is 0 Å². The highest BCUT2D eigenvalue weighted by molar-refractivity contribution is 8.12. The second-order valence-corrected chi connectivity index (χ2v) is 7.85. The molecule has 3 aromatic carbocycles. The predicted molar refractivity (Wildman–Crippen MR) is 130 cm³/mol. The predicted octanol–water partition coefficient (Wildman–Crippen LogP) is 5.27. The van der Waals surface area contributed by atoms with Crippen LogP contribution < -0.4 is 24.2 Å². The maximum Gasteiger partial charge on any atom is 0.329 e. The van der Waals surface area contributed by atoms with Crippen LogP contribution in [-0.2, 0) is 0 Å². The number of benzene rings is 3. The fourth-order valence-electron chi connectivity index (χ4n) is 3.26. The molecule has 0 aliphatic carbocycles. The molecule has 0 radical (unpaired) electrons. The molecule has 0 aliphatic heterocycles. The molecule has 4 aromatic rings. The van der Waals surface area contributed by atoms with Crippen molar-refractivity contribution in [1.29, 1.82) is 0 Å². The normalized spacial score (nSPS) is 10.6. The first kappa shape index (κ1) is 23.9. The number of carbonyl (C=O) groups is 2. The highest BCUT2D eigenvalue weighted by Crippen LogP contribution is 2.38. The Labute approximate surface area is 203 Å². The van der Waals surface area contributed by atoms with Crippen molar-refractivity contribution in [2.75, 3.05) is 26.6 Å². The average Bonchev–Trinajstić information content (AvgIpc) is 3.30. The monoisotopic (exact) mass is 497 g/mol. The summed E-state index contributed by atoms with van der Waals surface area (Å²) in [6, 6.07) is 13.1. The maximum atomic E-state index is 13.5. The lowest BCUT2D eigenvalue weighted by Gasteiger charge is -2.13. The lowest BCUT2D eigenvalue weighted by atomic mass is 10.2. The van der Waals surface area contributed by atoms with Crippen LogP contribution in [0.4, 0.5) is 14.9 Å². The van der Waals surface area contributed by atoms with E-state index in [0.717, 1.165) is 0 Å². The fourth-order valence-corrected chi connectivity index (χ4v) is 3.73. The van der Waals surface area contributed by atoms with Gasteiger partial charge in [0.15, 0.2) is 17.1 Å². The van der Waals surface area contributed by atoms with Gasteiger partial charge in [-0.25, -0.2) is 14.2 Å². The Bertz CT molecular complexity index is 1380. The van der Waals surface area contributed by atoms with Crippen molar-refractivity contribution in [3.63, 3.8) is 0 Å². The van der Waals surface area contributed by atoms with Crippen molar-refractivity contribution in [2.24, 2.45) is 0 Å². The molecule has 0 saturated carbocycles. The SMILES string of the molecule is COc1cc(C(=O)SNC(=O)Nc2ccc3oc(-c4cccc(F)c4)nc3c2)cc(OC)c1OC. The summed E-state index contributed by atoms with van der Waals surface area (Å²) in [4.78, 5) is 29.3. The van der Waals surface area contributed by atoms with E-state index < -0.39 is 17.0 Å². The molecular formula is C24H20FN3O6S. The minimum atomic E-state index is -0.621. The van der Waals surface area contributed by atoms with Gasteiger partial charge < -0.3 is 23.9 Å². The van der Waals surface area contributed by atoms with Crippen molar-refractivity contribution >= 4 is 39.9 Å². The third-order valence-electron chi connectivity index (χ3n) is 4.85. The number of rotatable bonds is 6. The zero-order valence-corrected chi connectivity index (χ0v) is 19.7. The summed E-state index contributed by atoms with van der Waals surface area (Å²) in [5.74, 6) is 0.846. The first-order valence-electron chi connectivity index (χ1n) is 10.2. The van der Waals surface area contributed by atoms with E-state index in [2.05, 4.69) is 15.0 Å². The van der Waals surface area contributed by atoms with Gasteiger partial charge in [0, 0.05) is 28.8 Å². The van der Waals surface area contributed by atoms with E-state index in [1.54, 1.807) is 30.3 Å². The minimum absolute atomic E-state index is 0.249. The minimum Gasteiger partial charge on any atom is -0.493 e. The van der Waals surface area contributed by atoms with Crippen LogP contribution in [0.5, 0.6) is 17.2 Å². The number of methoxy groups -OCH3 is 3. The summed E-state index contributed by atoms with van der Waals surface area (Å²) >= 11 is 0.593. The van der Waals surface area contributed by atoms with Crippen LogP contribution >= 0.6 is 11.9 Å². The Morgan fingerprint density at radius 1 is 0.971 bits per heavy atom. The van der Waals surface area contributed by atoms with Crippen LogP contribution in [0.15, 0.2) is 59.0 Å². The van der Waals surface area contributed by atoms with Crippen LogP contribution in [0.1, 0.15) is 10.4 Å². The van der Waals surface area contributed by atoms with E-state index in [1.807, 2.05) is 0 Å². The largest absolute Gasteiger partial charge is 0.493 e. The Morgan fingerprint density at radius 3 is 2.37 bits per heavy atom. The maximum absolute atomic E-state index is 13.5. The van der Waals surface area contributed by atoms with Crippen LogP contribution in [0.25, 0.3) is 22.6 Å². The number of anilines is 1. The number of halogens is 1. The highest BCUT2D eigenvalue weighted by Gasteiger charge is 2.18. The molecule has 0 spiro atoms. The Kier molecular flexibility index (Phi) is 7.06. The van der Waals surface area contributed by atoms with Crippen LogP contribution in [-0.4, -0.2) is 37.5 Å². The second kappa shape index (κ2) is 10.3. The van der Waals surface area contributed by atoms with Gasteiger partial charge in [-0.05, 0) is 48.5 Å². The highest BCUT2D eigenvalue weighted by atomic mass is 32.2. The standard InChI is InChI=1S/C24H20FN3O6S/c1-31-19-10-14(11-20(32-2)21(19)33-3)23(29)35-28-24(30)26-16-7-8-18-17(12-16)27-22(34-18)13-5-4-6-15(25)9-13/h4-12H,1-3H3,(H2,26,28,30). The number of urea groups is 1. The van der Waals surface area contributed by atoms with Crippen molar-refractivity contribution in [3.05, 3.63) is 66.0 Å². The van der Waals surface area contributed by atoms with Gasteiger partial charge in [-0.15, -0.1) is 0 Å². The van der Waals surface area contributed by atoms with E-state index in [9.17, 15) is 14.0 Å². The van der Waals surface area contributed by atoms with Crippen molar-refractivity contribution < 1.29 is 32.6 Å². The molecule has 2 N–H and O–H groups in total. The van der Waals surface area contributed by atoms with E-state index in [1.165, 1.54) is 45.6 Å². The summed E-state index contributed by atoms with van der Waals surface area (Å²) in [5.41, 5.74) is 2.12. The van der Waals surface area contributed by atoms with E-state index in [0.29, 0.717) is 51.5 Å². The summed E-state index contributed by atoms with van der Waals surface area (Å²) in [7, 11) is 4.34. The number of carbonyl (C=O) groups excluding carboxylic acids is 2. The molecule has 1 heterocycles. The van der Waals surface area contributed by atoms with Gasteiger partial charge >= 0.3 is 6.03 Å². The fraction of sp³-hybridized carbons (Fsp3) is 0.125. The zero-order chi connectivity index (χ0) is 24.9. The first-order chi connectivity index (χ1) is 16.9. The quantitative estimate of drug-likeness (QED) is 0.347. The number of nitrogens with zero attached hydrogens (tertiary/aromatic N) is 1. The second-order valence-electron chi connectivity index (χ2n) is 7.07. The summed E-state index contributed by atoms with van der Waals surface area (Å²) in [5, 5.41) is 2.19. The molecular weight excluding hydrogens is 477 g/mol. The van der Waals surface area contributed by atoms with E-state index >= 15 is 0 Å². The topological polar surface area (TPSA) is 112 Å². The zero-order valence-electron chi connectivity index (χ0n) is 18.9. The number of ether oxygens (including phenoxy) is 3. The Hall–Kier alpha value is -4.25. The molecule has 0 aliphatic rings. The van der Waals surface area contributed by atoms with Crippen LogP contribution in [0.2, 0.25) is 0 Å². The molecule has 180 valence electrons. The van der Waals surface area contributed by atoms with E-state index in [4.69, 9.17) is 18.6 Å². The van der Waals surface area contributed by atoms with Crippen molar-refractivity contribution in [1.82, 2.24) is 9.71 Å². The van der Waals surface area contributed by atoms with Gasteiger partial charge in [-0.1, -0.05) is 6.07 Å². The summed E-state index contributed by atoms with van der Waals surface area (Å²) < 4.78 is 37.3. The molecule has 0 bridgehead atoms. The number of amides is 2. The number of oxazole rings is 1. The van der Waals surface area contributed by atoms with E-state index in [-0.39, 0.29) is 11.5 Å². The Balaban J connectivity index is 1.42. The van der Waals surface area contributed by atoms with Crippen molar-refractivity contribution in [2.45, 2.75) is 0 Å². The number of hydrogen-bond acceptors (Lipinski definition) is 8. The molecule has 9 nitrogen and oxygen atoms in total. The molecule has 0 unspecified atom stereocenters. The number of hydrogen-bond donors (Lipinski definition) is 2. The smallest absolute Gasteiger partial charge is 0.329 e. The molecule has 35 heavy (non-hydrogen) atoms. The van der Waals surface area contributed by atoms with Gasteiger partial charge in [0.25, 0.3) is 0 Å². The van der Waals surface area contributed by atoms with Gasteiger partial charge in [0.1, 0.15) is 11.3 Å². The number of nitrogens with one attached hydrogen (secondary N) is 2. The number of fused-ring (bicyclic) bond motifs is 1. The van der Waals surface area contributed by atoms with Crippen molar-refractivity contribution in [3.8, 4) is 28.7 Å². The molecule has 0 fully saturated rings. The van der Waals surface area contributed by atoms with Gasteiger partial charge in [0.2, 0.25) is 16.8 Å². The summed E-state index contributed by atoms with van der Waals surface area (Å²) in [6.45, 7) is 0. The van der Waals surface area contributed by atoms with Crippen LogP contribution in [0, 0.1) is 5.82 Å². The Morgan fingerprint density at radius 2 is 1.71 bits per heavy atom. The molecule has 11 heteroatoms. The lowest BCUT2D eigenvalue weighted by Crippen LogP contribution is -2.24. The van der Waals surface area contributed by atoms with Gasteiger partial charge in [-0.3, -0.25) is 9.52 Å². The third-order valence-corrected chi connectivity index (χ3v) is 5.56. The van der Waals surface area contributed by atoms with Gasteiger partial charge in [0.05, 0.1) is 21.3 Å². The molecule has 0 atom stereocenters. The first-order valence-corrected chi connectivity index (χ1v) is 11.0. The average molecular weight is 498 g/mol. The molecule has 1 aromatic heterocycles. The third kappa shape index (κ3) is 5.30. The molecule has 2 amide bonds. The molecule has 4 rings (SSSR count). The summed E-state index contributed by atoms with van der Waals surface area (Å²) in [6.07, 6.45) is 0.